The molecule has 0 N–H and O–H groups in total. The molecule has 0 aliphatic rings. The maximum atomic E-state index is 12.2. The van der Waals surface area contributed by atoms with E-state index in [0.717, 1.165) is 29.7 Å². The summed E-state index contributed by atoms with van der Waals surface area (Å²) in [6.45, 7) is 8.77. The lowest BCUT2D eigenvalue weighted by Crippen LogP contribution is -2.21. The number of fused-ring (bicyclic) bond motifs is 1. The Bertz CT molecular complexity index is 1470. The molecule has 0 radical (unpaired) electrons. The fourth-order valence-corrected chi connectivity index (χ4v) is 4.83. The molecule has 4 rings (SSSR count). The molecule has 0 saturated carbocycles. The van der Waals surface area contributed by atoms with Crippen LogP contribution in [0.25, 0.3) is 23.3 Å². The minimum Gasteiger partial charge on any atom is -0.491 e. The molecule has 0 amide bonds. The Hall–Kier alpha value is -3.66. The van der Waals surface area contributed by atoms with Gasteiger partial charge in [0.1, 0.15) is 17.9 Å². The second-order valence-electron chi connectivity index (χ2n) is 8.83. The number of benzene rings is 3. The summed E-state index contributed by atoms with van der Waals surface area (Å²) in [5, 5.41) is 0. The lowest BCUT2D eigenvalue weighted by atomic mass is 10.2. The lowest BCUT2D eigenvalue weighted by molar-refractivity contribution is 0.0779. The predicted molar refractivity (Wildman–Crippen MR) is 154 cm³/mol. The molecule has 0 atom stereocenters. The highest BCUT2D eigenvalue weighted by molar-refractivity contribution is 7.86. The van der Waals surface area contributed by atoms with Crippen LogP contribution in [0.15, 0.2) is 76.0 Å². The summed E-state index contributed by atoms with van der Waals surface area (Å²) < 4.78 is 46.4. The quantitative estimate of drug-likeness (QED) is 0.140. The van der Waals surface area contributed by atoms with Gasteiger partial charge in [-0.15, -0.1) is 0 Å². The van der Waals surface area contributed by atoms with Crippen molar-refractivity contribution >= 4 is 39.1 Å². The molecule has 0 aliphatic heterocycles. The first-order chi connectivity index (χ1) is 18.9. The second-order valence-corrected chi connectivity index (χ2v) is 10.4. The van der Waals surface area contributed by atoms with E-state index in [1.165, 1.54) is 17.8 Å². The van der Waals surface area contributed by atoms with E-state index in [2.05, 4.69) is 48.0 Å². The first kappa shape index (κ1) is 28.4. The standard InChI is InChI=1S/C30H34N2O6S/c1-4-32(5-2)25-11-8-24(9-12-25)10-17-30-31-28-16-13-26(22-29(28)38-30)36-20-18-35-19-21-37-39(33,34)27-14-6-23(3)7-15-27/h6-17,22H,4-5,18-21H2,1-3H3. The Kier molecular flexibility index (Phi) is 9.75. The van der Waals surface area contributed by atoms with Gasteiger partial charge in [-0.1, -0.05) is 29.8 Å². The molecule has 8 nitrogen and oxygen atoms in total. The van der Waals surface area contributed by atoms with Gasteiger partial charge in [0, 0.05) is 30.9 Å². The van der Waals surface area contributed by atoms with Gasteiger partial charge in [-0.2, -0.15) is 8.42 Å². The Labute approximate surface area is 230 Å². The van der Waals surface area contributed by atoms with Crippen molar-refractivity contribution in [2.24, 2.45) is 0 Å². The Morgan fingerprint density at radius 1 is 0.872 bits per heavy atom. The van der Waals surface area contributed by atoms with E-state index in [1.54, 1.807) is 18.2 Å². The number of nitrogens with zero attached hydrogens (tertiary/aromatic N) is 2. The Balaban J connectivity index is 1.21. The first-order valence-corrected chi connectivity index (χ1v) is 14.4. The van der Waals surface area contributed by atoms with Crippen LogP contribution in [0.1, 0.15) is 30.9 Å². The summed E-state index contributed by atoms with van der Waals surface area (Å²) >= 11 is 0. The van der Waals surface area contributed by atoms with Gasteiger partial charge in [-0.3, -0.25) is 4.18 Å². The largest absolute Gasteiger partial charge is 0.491 e. The molecule has 4 aromatic rings. The zero-order chi connectivity index (χ0) is 27.7. The number of anilines is 1. The molecule has 0 saturated heterocycles. The molecular formula is C30H34N2O6S. The maximum absolute atomic E-state index is 12.2. The third kappa shape index (κ3) is 7.92. The van der Waals surface area contributed by atoms with Crippen LogP contribution in [0.5, 0.6) is 5.75 Å². The van der Waals surface area contributed by atoms with Crippen molar-refractivity contribution in [1.82, 2.24) is 4.98 Å². The number of aryl methyl sites for hydroxylation is 1. The van der Waals surface area contributed by atoms with E-state index in [-0.39, 0.29) is 24.7 Å². The van der Waals surface area contributed by atoms with Crippen LogP contribution in [-0.4, -0.2) is 52.9 Å². The van der Waals surface area contributed by atoms with Crippen LogP contribution < -0.4 is 9.64 Å². The zero-order valence-electron chi connectivity index (χ0n) is 22.5. The molecule has 0 fully saturated rings. The van der Waals surface area contributed by atoms with Gasteiger partial charge in [0.2, 0.25) is 5.89 Å². The highest BCUT2D eigenvalue weighted by Crippen LogP contribution is 2.23. The smallest absolute Gasteiger partial charge is 0.297 e. The summed E-state index contributed by atoms with van der Waals surface area (Å²) in [7, 11) is -3.79. The summed E-state index contributed by atoms with van der Waals surface area (Å²) in [6, 6.07) is 20.3. The van der Waals surface area contributed by atoms with Gasteiger partial charge in [-0.25, -0.2) is 4.98 Å². The van der Waals surface area contributed by atoms with Crippen molar-refractivity contribution in [3.8, 4) is 5.75 Å². The van der Waals surface area contributed by atoms with E-state index >= 15 is 0 Å². The van der Waals surface area contributed by atoms with Gasteiger partial charge in [0.05, 0.1) is 24.7 Å². The van der Waals surface area contributed by atoms with Gasteiger partial charge < -0.3 is 18.8 Å². The van der Waals surface area contributed by atoms with Crippen LogP contribution in [0.4, 0.5) is 5.69 Å². The fraction of sp³-hybridized carbons (Fsp3) is 0.300. The molecule has 206 valence electrons. The van der Waals surface area contributed by atoms with Gasteiger partial charge in [0.15, 0.2) is 5.58 Å². The molecule has 0 bridgehead atoms. The lowest BCUT2D eigenvalue weighted by Gasteiger charge is -2.20. The van der Waals surface area contributed by atoms with Crippen molar-refractivity contribution in [2.45, 2.75) is 25.7 Å². The third-order valence-corrected chi connectivity index (χ3v) is 7.42. The zero-order valence-corrected chi connectivity index (χ0v) is 23.3. The number of oxazole rings is 1. The highest BCUT2D eigenvalue weighted by atomic mass is 32.2. The third-order valence-electron chi connectivity index (χ3n) is 6.09. The minimum atomic E-state index is -3.79. The van der Waals surface area contributed by atoms with Crippen molar-refractivity contribution < 1.29 is 26.5 Å². The Morgan fingerprint density at radius 3 is 2.31 bits per heavy atom. The van der Waals surface area contributed by atoms with Crippen LogP contribution in [0, 0.1) is 6.92 Å². The summed E-state index contributed by atoms with van der Waals surface area (Å²) in [4.78, 5) is 6.94. The van der Waals surface area contributed by atoms with Crippen LogP contribution >= 0.6 is 0 Å². The minimum absolute atomic E-state index is 0.0728. The van der Waals surface area contributed by atoms with Crippen molar-refractivity contribution in [3.05, 3.63) is 83.7 Å². The van der Waals surface area contributed by atoms with Crippen LogP contribution in [0.3, 0.4) is 0 Å². The number of aromatic nitrogens is 1. The summed E-state index contributed by atoms with van der Waals surface area (Å²) in [5.74, 6) is 1.14. The van der Waals surface area contributed by atoms with Gasteiger partial charge >= 0.3 is 0 Å². The topological polar surface area (TPSA) is 91.1 Å². The Morgan fingerprint density at radius 2 is 1.59 bits per heavy atom. The average molecular weight is 551 g/mol. The van der Waals surface area contributed by atoms with E-state index in [4.69, 9.17) is 18.1 Å². The van der Waals surface area contributed by atoms with Crippen LogP contribution in [0.2, 0.25) is 0 Å². The van der Waals surface area contributed by atoms with E-state index in [0.29, 0.717) is 23.8 Å². The van der Waals surface area contributed by atoms with Gasteiger partial charge in [-0.05, 0) is 68.8 Å². The molecule has 0 unspecified atom stereocenters. The molecule has 3 aromatic carbocycles. The highest BCUT2D eigenvalue weighted by Gasteiger charge is 2.14. The summed E-state index contributed by atoms with van der Waals surface area (Å²) in [5.41, 5.74) is 4.61. The maximum Gasteiger partial charge on any atom is 0.297 e. The molecule has 39 heavy (non-hydrogen) atoms. The number of hydrogen-bond donors (Lipinski definition) is 0. The molecule has 1 aromatic heterocycles. The van der Waals surface area contributed by atoms with Crippen molar-refractivity contribution in [3.63, 3.8) is 0 Å². The van der Waals surface area contributed by atoms with E-state index in [9.17, 15) is 8.42 Å². The number of ether oxygens (including phenoxy) is 2. The van der Waals surface area contributed by atoms with E-state index < -0.39 is 10.1 Å². The molecular weight excluding hydrogens is 516 g/mol. The second kappa shape index (κ2) is 13.4. The normalized spacial score (nSPS) is 11.9. The van der Waals surface area contributed by atoms with Crippen molar-refractivity contribution in [1.29, 1.82) is 0 Å². The molecule has 1 heterocycles. The number of hydrogen-bond acceptors (Lipinski definition) is 8. The predicted octanol–water partition coefficient (Wildman–Crippen LogP) is 5.95. The summed E-state index contributed by atoms with van der Waals surface area (Å²) in [6.07, 6.45) is 3.82. The SMILES string of the molecule is CCN(CC)c1ccc(C=Cc2nc3ccc(OCCOCCOS(=O)(=O)c4ccc(C)cc4)cc3o2)cc1. The first-order valence-electron chi connectivity index (χ1n) is 13.0. The average Bonchev–Trinajstić information content (AvgIpc) is 3.35. The van der Waals surface area contributed by atoms with Gasteiger partial charge in [0.25, 0.3) is 10.1 Å². The van der Waals surface area contributed by atoms with Crippen molar-refractivity contribution in [2.75, 3.05) is 44.4 Å². The fourth-order valence-electron chi connectivity index (χ4n) is 3.93. The molecule has 0 spiro atoms. The van der Waals surface area contributed by atoms with E-state index in [1.807, 2.05) is 31.2 Å². The van der Waals surface area contributed by atoms with Crippen LogP contribution in [-0.2, 0) is 19.0 Å². The molecule has 0 aliphatic carbocycles. The number of rotatable bonds is 14. The molecule has 9 heteroatoms. The monoisotopic (exact) mass is 550 g/mol.